The van der Waals surface area contributed by atoms with Crippen molar-refractivity contribution in [2.75, 3.05) is 53.9 Å². The van der Waals surface area contributed by atoms with Crippen molar-refractivity contribution in [3.63, 3.8) is 0 Å². The molecule has 3 atom stereocenters. The highest BCUT2D eigenvalue weighted by molar-refractivity contribution is 5.18. The number of hydrazine groups is 1. The monoisotopic (exact) mass is 314 g/mol. The van der Waals surface area contributed by atoms with Gasteiger partial charge in [0.2, 0.25) is 0 Å². The van der Waals surface area contributed by atoms with E-state index in [1.165, 1.54) is 0 Å². The molecule has 0 saturated carbocycles. The zero-order chi connectivity index (χ0) is 17.0. The van der Waals surface area contributed by atoms with E-state index >= 15 is 0 Å². The van der Waals surface area contributed by atoms with Gasteiger partial charge in [-0.1, -0.05) is 27.7 Å². The molecule has 6 nitrogen and oxygen atoms in total. The molecule has 1 aliphatic heterocycles. The molecule has 0 amide bonds. The average molecular weight is 315 g/mol. The standard InChI is InChI=1S/C16H38N6/c1-9-18-16(20(7)8)14(17-6)13-22(19-10-2)15(16,5)21(11-3)12-4/h14,17-19H,9-13H2,1-8H3. The van der Waals surface area contributed by atoms with Crippen LogP contribution in [0.1, 0.15) is 34.6 Å². The normalized spacial score (nSPS) is 33.3. The summed E-state index contributed by atoms with van der Waals surface area (Å²) >= 11 is 0. The van der Waals surface area contributed by atoms with Crippen LogP contribution in [-0.4, -0.2) is 86.0 Å². The van der Waals surface area contributed by atoms with Crippen LogP contribution in [0.3, 0.4) is 0 Å². The lowest BCUT2D eigenvalue weighted by atomic mass is 9.88. The summed E-state index contributed by atoms with van der Waals surface area (Å²) in [5, 5.41) is 9.80. The summed E-state index contributed by atoms with van der Waals surface area (Å²) in [6, 6.07) is 0.326. The van der Waals surface area contributed by atoms with E-state index < -0.39 is 0 Å². The Hall–Kier alpha value is -0.240. The van der Waals surface area contributed by atoms with E-state index in [9.17, 15) is 0 Å². The molecule has 22 heavy (non-hydrogen) atoms. The second kappa shape index (κ2) is 8.04. The van der Waals surface area contributed by atoms with Gasteiger partial charge in [-0.2, -0.15) is 0 Å². The van der Waals surface area contributed by atoms with Crippen molar-refractivity contribution < 1.29 is 0 Å². The molecule has 0 aliphatic carbocycles. The quantitative estimate of drug-likeness (QED) is 0.534. The van der Waals surface area contributed by atoms with E-state index in [1.807, 2.05) is 0 Å². The summed E-state index contributed by atoms with van der Waals surface area (Å²) in [4.78, 5) is 4.91. The van der Waals surface area contributed by atoms with E-state index in [2.05, 4.69) is 86.6 Å². The first kappa shape index (κ1) is 19.8. The molecule has 132 valence electrons. The van der Waals surface area contributed by atoms with Crippen molar-refractivity contribution in [3.8, 4) is 0 Å². The molecular weight excluding hydrogens is 276 g/mol. The number of nitrogens with one attached hydrogen (secondary N) is 3. The molecular formula is C16H38N6. The Kier molecular flexibility index (Phi) is 7.23. The third-order valence-electron chi connectivity index (χ3n) is 5.35. The Labute approximate surface area is 137 Å². The SMILES string of the molecule is CCNN1CC(NC)C(NCC)(N(C)C)C1(C)N(CC)CC. The predicted octanol–water partition coefficient (Wildman–Crippen LogP) is 0.340. The summed E-state index contributed by atoms with van der Waals surface area (Å²) in [6.07, 6.45) is 0. The van der Waals surface area contributed by atoms with Crippen LogP contribution in [0.2, 0.25) is 0 Å². The van der Waals surface area contributed by atoms with Gasteiger partial charge in [-0.3, -0.25) is 20.5 Å². The minimum Gasteiger partial charge on any atom is -0.313 e. The van der Waals surface area contributed by atoms with Crippen LogP contribution in [0, 0.1) is 0 Å². The highest BCUT2D eigenvalue weighted by atomic mass is 15.7. The van der Waals surface area contributed by atoms with Crippen LogP contribution >= 0.6 is 0 Å². The maximum Gasteiger partial charge on any atom is 0.121 e. The minimum absolute atomic E-state index is 0.153. The van der Waals surface area contributed by atoms with Crippen LogP contribution in [0.5, 0.6) is 0 Å². The van der Waals surface area contributed by atoms with E-state index in [-0.39, 0.29) is 11.3 Å². The number of hydrogen-bond acceptors (Lipinski definition) is 6. The van der Waals surface area contributed by atoms with Crippen LogP contribution in [0.25, 0.3) is 0 Å². The third kappa shape index (κ3) is 2.81. The fourth-order valence-electron chi connectivity index (χ4n) is 4.44. The molecule has 6 heteroatoms. The zero-order valence-corrected chi connectivity index (χ0v) is 16.0. The summed E-state index contributed by atoms with van der Waals surface area (Å²) in [5.74, 6) is 0. The first-order chi connectivity index (χ1) is 10.4. The highest BCUT2D eigenvalue weighted by Crippen LogP contribution is 2.41. The Bertz CT molecular complexity index is 333. The lowest BCUT2D eigenvalue weighted by Crippen LogP contribution is -2.80. The number of rotatable bonds is 9. The van der Waals surface area contributed by atoms with Gasteiger partial charge < -0.3 is 5.32 Å². The van der Waals surface area contributed by atoms with Crippen molar-refractivity contribution >= 4 is 0 Å². The van der Waals surface area contributed by atoms with Crippen LogP contribution < -0.4 is 16.1 Å². The van der Waals surface area contributed by atoms with Gasteiger partial charge in [0.1, 0.15) is 11.3 Å². The molecule has 1 saturated heterocycles. The Morgan fingerprint density at radius 2 is 1.68 bits per heavy atom. The van der Waals surface area contributed by atoms with Crippen molar-refractivity contribution in [3.05, 3.63) is 0 Å². The summed E-state index contributed by atoms with van der Waals surface area (Å²) in [5.41, 5.74) is 3.27. The summed E-state index contributed by atoms with van der Waals surface area (Å²) < 4.78 is 0. The van der Waals surface area contributed by atoms with Gasteiger partial charge in [0.05, 0.1) is 6.04 Å². The average Bonchev–Trinajstić information content (AvgIpc) is 2.72. The molecule has 0 bridgehead atoms. The van der Waals surface area contributed by atoms with Gasteiger partial charge in [0.15, 0.2) is 0 Å². The maximum absolute atomic E-state index is 3.83. The molecule has 1 aliphatic rings. The molecule has 3 unspecified atom stereocenters. The molecule has 0 aromatic heterocycles. The van der Waals surface area contributed by atoms with Crippen LogP contribution in [0.15, 0.2) is 0 Å². The fraction of sp³-hybridized carbons (Fsp3) is 1.00. The molecule has 3 N–H and O–H groups in total. The fourth-order valence-corrected chi connectivity index (χ4v) is 4.44. The third-order valence-corrected chi connectivity index (χ3v) is 5.35. The molecule has 0 aromatic rings. The van der Waals surface area contributed by atoms with Crippen molar-refractivity contribution in [1.29, 1.82) is 0 Å². The second-order valence-corrected chi connectivity index (χ2v) is 6.35. The largest absolute Gasteiger partial charge is 0.313 e. The molecule has 0 radical (unpaired) electrons. The lowest BCUT2D eigenvalue weighted by Gasteiger charge is -2.57. The van der Waals surface area contributed by atoms with Gasteiger partial charge in [0, 0.05) is 13.1 Å². The Morgan fingerprint density at radius 1 is 1.09 bits per heavy atom. The second-order valence-electron chi connectivity index (χ2n) is 6.35. The molecule has 1 heterocycles. The van der Waals surface area contributed by atoms with Gasteiger partial charge in [-0.15, -0.1) is 0 Å². The zero-order valence-electron chi connectivity index (χ0n) is 16.0. The van der Waals surface area contributed by atoms with E-state index in [1.54, 1.807) is 0 Å². The molecule has 0 aromatic carbocycles. The van der Waals surface area contributed by atoms with E-state index in [0.29, 0.717) is 6.04 Å². The topological polar surface area (TPSA) is 45.8 Å². The first-order valence-electron chi connectivity index (χ1n) is 8.76. The first-order valence-corrected chi connectivity index (χ1v) is 8.76. The van der Waals surface area contributed by atoms with Crippen molar-refractivity contribution in [2.45, 2.75) is 52.0 Å². The molecule has 0 spiro atoms. The van der Waals surface area contributed by atoms with Crippen LogP contribution in [-0.2, 0) is 0 Å². The lowest BCUT2D eigenvalue weighted by molar-refractivity contribution is -0.132. The maximum atomic E-state index is 3.83. The van der Waals surface area contributed by atoms with Gasteiger partial charge in [0.25, 0.3) is 0 Å². The number of nitrogens with zero attached hydrogens (tertiary/aromatic N) is 3. The Morgan fingerprint density at radius 3 is 2.05 bits per heavy atom. The van der Waals surface area contributed by atoms with Crippen molar-refractivity contribution in [2.24, 2.45) is 0 Å². The Balaban J connectivity index is 3.47. The summed E-state index contributed by atoms with van der Waals surface area (Å²) in [7, 11) is 6.44. The van der Waals surface area contributed by atoms with Crippen LogP contribution in [0.4, 0.5) is 0 Å². The molecule has 1 rings (SSSR count). The smallest absolute Gasteiger partial charge is 0.121 e. The van der Waals surface area contributed by atoms with Crippen molar-refractivity contribution in [1.82, 2.24) is 30.9 Å². The van der Waals surface area contributed by atoms with Gasteiger partial charge in [-0.25, -0.2) is 5.01 Å². The predicted molar refractivity (Wildman–Crippen MR) is 94.7 cm³/mol. The van der Waals surface area contributed by atoms with Gasteiger partial charge in [-0.05, 0) is 47.7 Å². The molecule has 1 fully saturated rings. The van der Waals surface area contributed by atoms with E-state index in [4.69, 9.17) is 0 Å². The highest BCUT2D eigenvalue weighted by Gasteiger charge is 2.64. The minimum atomic E-state index is -0.176. The van der Waals surface area contributed by atoms with E-state index in [0.717, 1.165) is 32.7 Å². The van der Waals surface area contributed by atoms with Gasteiger partial charge >= 0.3 is 0 Å². The summed E-state index contributed by atoms with van der Waals surface area (Å²) in [6.45, 7) is 16.1. The number of hydrogen-bond donors (Lipinski definition) is 3. The number of likely N-dealkylation sites (N-methyl/N-ethyl adjacent to an activating group) is 4.